The Balaban J connectivity index is 2.30. The average Bonchev–Trinajstić information content (AvgIpc) is 2.37. The predicted octanol–water partition coefficient (Wildman–Crippen LogP) is 1.81. The van der Waals surface area contributed by atoms with Gasteiger partial charge in [0.05, 0.1) is 16.6 Å². The van der Waals surface area contributed by atoms with E-state index in [9.17, 15) is 13.4 Å². The highest BCUT2D eigenvalue weighted by atomic mass is 32.2. The van der Waals surface area contributed by atoms with Crippen LogP contribution in [0.5, 0.6) is 0 Å². The van der Waals surface area contributed by atoms with Crippen LogP contribution in [0.3, 0.4) is 0 Å². The SMILES string of the molecule is NC(=O)c1ccccc1CS(=O)c1cc(N)cc(F)c1. The van der Waals surface area contributed by atoms with E-state index in [4.69, 9.17) is 11.5 Å². The summed E-state index contributed by atoms with van der Waals surface area (Å²) < 4.78 is 25.5. The molecule has 6 heteroatoms. The smallest absolute Gasteiger partial charge is 0.249 e. The van der Waals surface area contributed by atoms with Crippen LogP contribution in [0.4, 0.5) is 10.1 Å². The third kappa shape index (κ3) is 3.21. The van der Waals surface area contributed by atoms with Crippen LogP contribution in [0.1, 0.15) is 15.9 Å². The largest absolute Gasteiger partial charge is 0.399 e. The van der Waals surface area contributed by atoms with Crippen molar-refractivity contribution in [3.63, 3.8) is 0 Å². The van der Waals surface area contributed by atoms with Crippen molar-refractivity contribution >= 4 is 22.4 Å². The zero-order chi connectivity index (χ0) is 14.7. The Morgan fingerprint density at radius 2 is 1.90 bits per heavy atom. The first-order valence-corrected chi connectivity index (χ1v) is 7.11. The van der Waals surface area contributed by atoms with Crippen LogP contribution in [-0.2, 0) is 16.6 Å². The van der Waals surface area contributed by atoms with Crippen molar-refractivity contribution < 1.29 is 13.4 Å². The topological polar surface area (TPSA) is 86.2 Å². The zero-order valence-electron chi connectivity index (χ0n) is 10.5. The molecule has 1 atom stereocenters. The maximum atomic E-state index is 13.2. The lowest BCUT2D eigenvalue weighted by atomic mass is 10.1. The second-order valence-corrected chi connectivity index (χ2v) is 5.68. The summed E-state index contributed by atoms with van der Waals surface area (Å²) in [7, 11) is -1.51. The lowest BCUT2D eigenvalue weighted by molar-refractivity contribution is 0.0999. The molecule has 0 saturated carbocycles. The molecule has 0 aliphatic rings. The van der Waals surface area contributed by atoms with Gasteiger partial charge in [0.25, 0.3) is 0 Å². The standard InChI is InChI=1S/C14H13FN2O2S/c15-10-5-11(16)7-12(6-10)20(19)8-9-3-1-2-4-13(9)14(17)18/h1-7H,8,16H2,(H2,17,18). The molecular formula is C14H13FN2O2S. The number of nitrogen functional groups attached to an aromatic ring is 1. The maximum Gasteiger partial charge on any atom is 0.249 e. The third-order valence-corrected chi connectivity index (χ3v) is 4.06. The van der Waals surface area contributed by atoms with Crippen molar-refractivity contribution in [2.24, 2.45) is 5.73 Å². The molecule has 0 radical (unpaired) electrons. The predicted molar refractivity (Wildman–Crippen MR) is 75.9 cm³/mol. The summed E-state index contributed by atoms with van der Waals surface area (Å²) >= 11 is 0. The summed E-state index contributed by atoms with van der Waals surface area (Å²) in [6, 6.07) is 10.4. The summed E-state index contributed by atoms with van der Waals surface area (Å²) in [5, 5.41) is 0. The monoisotopic (exact) mass is 292 g/mol. The van der Waals surface area contributed by atoms with E-state index >= 15 is 0 Å². The number of hydrogen-bond acceptors (Lipinski definition) is 3. The molecule has 0 saturated heterocycles. The van der Waals surface area contributed by atoms with Crippen molar-refractivity contribution in [3.05, 3.63) is 59.4 Å². The average molecular weight is 292 g/mol. The van der Waals surface area contributed by atoms with Crippen LogP contribution in [0, 0.1) is 5.82 Å². The van der Waals surface area contributed by atoms with Crippen molar-refractivity contribution in [1.29, 1.82) is 0 Å². The molecule has 104 valence electrons. The maximum absolute atomic E-state index is 13.2. The molecule has 0 spiro atoms. The van der Waals surface area contributed by atoms with Gasteiger partial charge in [-0.2, -0.15) is 0 Å². The first-order chi connectivity index (χ1) is 9.47. The van der Waals surface area contributed by atoms with Crippen LogP contribution in [0.15, 0.2) is 47.4 Å². The molecule has 0 fully saturated rings. The molecule has 2 aromatic rings. The second-order valence-electron chi connectivity index (χ2n) is 4.23. The van der Waals surface area contributed by atoms with Gasteiger partial charge in [-0.05, 0) is 29.8 Å². The van der Waals surface area contributed by atoms with E-state index in [1.807, 2.05) is 0 Å². The Hall–Kier alpha value is -2.21. The highest BCUT2D eigenvalue weighted by Crippen LogP contribution is 2.19. The van der Waals surface area contributed by atoms with Crippen molar-refractivity contribution in [2.75, 3.05) is 5.73 Å². The number of primary amides is 1. The first-order valence-electron chi connectivity index (χ1n) is 5.79. The fourth-order valence-electron chi connectivity index (χ4n) is 1.83. The number of halogens is 1. The summed E-state index contributed by atoms with van der Waals surface area (Å²) in [6.07, 6.45) is 0. The minimum atomic E-state index is -1.51. The zero-order valence-corrected chi connectivity index (χ0v) is 11.3. The molecule has 1 unspecified atom stereocenters. The van der Waals surface area contributed by atoms with Gasteiger partial charge in [0, 0.05) is 16.1 Å². The van der Waals surface area contributed by atoms with E-state index in [0.717, 1.165) is 6.07 Å². The lowest BCUT2D eigenvalue weighted by Gasteiger charge is -2.07. The fourth-order valence-corrected chi connectivity index (χ4v) is 3.04. The lowest BCUT2D eigenvalue weighted by Crippen LogP contribution is -2.14. The van der Waals surface area contributed by atoms with E-state index in [-0.39, 0.29) is 16.3 Å². The number of anilines is 1. The number of nitrogens with two attached hydrogens (primary N) is 2. The molecule has 1 amide bonds. The van der Waals surface area contributed by atoms with Crippen LogP contribution in [-0.4, -0.2) is 10.1 Å². The second kappa shape index (κ2) is 5.83. The Labute approximate surface area is 118 Å². The molecule has 0 aliphatic heterocycles. The molecule has 0 aliphatic carbocycles. The van der Waals surface area contributed by atoms with Crippen molar-refractivity contribution in [2.45, 2.75) is 10.6 Å². The number of benzene rings is 2. The van der Waals surface area contributed by atoms with Gasteiger partial charge < -0.3 is 11.5 Å². The van der Waals surface area contributed by atoms with Gasteiger partial charge in [-0.1, -0.05) is 18.2 Å². The highest BCUT2D eigenvalue weighted by Gasteiger charge is 2.12. The van der Waals surface area contributed by atoms with Gasteiger partial charge in [-0.25, -0.2) is 4.39 Å². The Morgan fingerprint density at radius 3 is 2.55 bits per heavy atom. The van der Waals surface area contributed by atoms with E-state index in [0.29, 0.717) is 11.1 Å². The van der Waals surface area contributed by atoms with Gasteiger partial charge in [0.15, 0.2) is 0 Å². The Morgan fingerprint density at radius 1 is 1.20 bits per heavy atom. The molecule has 20 heavy (non-hydrogen) atoms. The van der Waals surface area contributed by atoms with E-state index in [1.54, 1.807) is 24.3 Å². The number of rotatable bonds is 4. The molecule has 0 aromatic heterocycles. The minimum Gasteiger partial charge on any atom is -0.399 e. The minimum absolute atomic E-state index is 0.0714. The molecule has 0 heterocycles. The summed E-state index contributed by atoms with van der Waals surface area (Å²) in [5.74, 6) is -1.06. The highest BCUT2D eigenvalue weighted by molar-refractivity contribution is 7.84. The van der Waals surface area contributed by atoms with Crippen molar-refractivity contribution in [3.8, 4) is 0 Å². The van der Waals surface area contributed by atoms with Crippen LogP contribution in [0.2, 0.25) is 0 Å². The van der Waals surface area contributed by atoms with Gasteiger partial charge >= 0.3 is 0 Å². The fraction of sp³-hybridized carbons (Fsp3) is 0.0714. The van der Waals surface area contributed by atoms with E-state index < -0.39 is 22.5 Å². The van der Waals surface area contributed by atoms with E-state index in [2.05, 4.69) is 0 Å². The summed E-state index contributed by atoms with van der Waals surface area (Å²) in [4.78, 5) is 11.6. The van der Waals surface area contributed by atoms with Gasteiger partial charge in [-0.3, -0.25) is 9.00 Å². The Bertz CT molecular complexity index is 668. The number of carbonyl (C=O) groups is 1. The van der Waals surface area contributed by atoms with Gasteiger partial charge in [-0.15, -0.1) is 0 Å². The summed E-state index contributed by atoms with van der Waals surface area (Å²) in [6.45, 7) is 0. The molecule has 4 N–H and O–H groups in total. The molecule has 2 aromatic carbocycles. The number of carbonyl (C=O) groups excluding carboxylic acids is 1. The van der Waals surface area contributed by atoms with Gasteiger partial charge in [0.2, 0.25) is 5.91 Å². The number of hydrogen-bond donors (Lipinski definition) is 2. The molecule has 4 nitrogen and oxygen atoms in total. The first kappa shape index (κ1) is 14.2. The van der Waals surface area contributed by atoms with Crippen LogP contribution < -0.4 is 11.5 Å². The normalized spacial score (nSPS) is 12.1. The van der Waals surface area contributed by atoms with Gasteiger partial charge in [0.1, 0.15) is 5.82 Å². The molecule has 2 rings (SSSR count). The van der Waals surface area contributed by atoms with E-state index in [1.165, 1.54) is 12.1 Å². The number of amides is 1. The van der Waals surface area contributed by atoms with Crippen LogP contribution >= 0.6 is 0 Å². The Kier molecular flexibility index (Phi) is 4.14. The summed E-state index contributed by atoms with van der Waals surface area (Å²) in [5.41, 5.74) is 11.9. The molecule has 0 bridgehead atoms. The van der Waals surface area contributed by atoms with Crippen molar-refractivity contribution in [1.82, 2.24) is 0 Å². The molecular weight excluding hydrogens is 279 g/mol. The quantitative estimate of drug-likeness (QED) is 0.843. The van der Waals surface area contributed by atoms with Crippen LogP contribution in [0.25, 0.3) is 0 Å². The third-order valence-electron chi connectivity index (χ3n) is 2.73.